The molecule has 3 nitrogen and oxygen atoms in total. The Labute approximate surface area is 111 Å². The van der Waals surface area contributed by atoms with Crippen LogP contribution in [0.3, 0.4) is 0 Å². The number of nitrogens with one attached hydrogen (secondary N) is 1. The van der Waals surface area contributed by atoms with Crippen LogP contribution in [0.4, 0.5) is 0 Å². The number of carbonyl (C=O) groups excluding carboxylic acids is 1. The van der Waals surface area contributed by atoms with Gasteiger partial charge in [-0.15, -0.1) is 0 Å². The lowest BCUT2D eigenvalue weighted by molar-refractivity contribution is 0.564. The van der Waals surface area contributed by atoms with E-state index in [0.29, 0.717) is 11.4 Å². The second-order valence-electron chi connectivity index (χ2n) is 4.28. The van der Waals surface area contributed by atoms with Crippen LogP contribution in [0.1, 0.15) is 17.3 Å². The van der Waals surface area contributed by atoms with E-state index in [0.717, 1.165) is 11.1 Å². The number of hydrogen-bond acceptors (Lipinski definition) is 3. The van der Waals surface area contributed by atoms with Gasteiger partial charge in [0.05, 0.1) is 0 Å². The van der Waals surface area contributed by atoms with Gasteiger partial charge in [0.1, 0.15) is 17.6 Å². The fourth-order valence-corrected chi connectivity index (χ4v) is 2.12. The number of benzene rings is 2. The van der Waals surface area contributed by atoms with E-state index in [2.05, 4.69) is 10.3 Å². The Balaban J connectivity index is 2.01. The van der Waals surface area contributed by atoms with Crippen LogP contribution >= 0.6 is 0 Å². The summed E-state index contributed by atoms with van der Waals surface area (Å²) < 4.78 is 0. The Morgan fingerprint density at radius 1 is 0.947 bits per heavy atom. The van der Waals surface area contributed by atoms with Crippen molar-refractivity contribution >= 4 is 11.7 Å². The fourth-order valence-electron chi connectivity index (χ4n) is 2.12. The van der Waals surface area contributed by atoms with E-state index in [1.165, 1.54) is 0 Å². The summed E-state index contributed by atoms with van der Waals surface area (Å²) in [5.41, 5.74) is 3.04. The Kier molecular flexibility index (Phi) is 2.97. The van der Waals surface area contributed by atoms with Gasteiger partial charge in [0.25, 0.3) is 0 Å². The van der Waals surface area contributed by atoms with Gasteiger partial charge in [-0.2, -0.15) is 0 Å². The molecule has 1 unspecified atom stereocenters. The zero-order chi connectivity index (χ0) is 13.1. The fraction of sp³-hybridized carbons (Fsp3) is 0.0625. The van der Waals surface area contributed by atoms with Gasteiger partial charge >= 0.3 is 0 Å². The Morgan fingerprint density at radius 3 is 2.21 bits per heavy atom. The molecule has 0 saturated heterocycles. The van der Waals surface area contributed by atoms with E-state index in [1.54, 1.807) is 0 Å². The minimum atomic E-state index is -0.215. The first kappa shape index (κ1) is 11.5. The molecular formula is C16H12N2O. The molecule has 3 rings (SSSR count). The summed E-state index contributed by atoms with van der Waals surface area (Å²) in [5, 5.41) is 3.09. The zero-order valence-electron chi connectivity index (χ0n) is 10.2. The first-order chi connectivity index (χ1) is 9.38. The standard InChI is InChI=1S/C16H12N2O/c19-11-14-15(12-7-3-1-4-8-12)18-16(17-14)13-9-5-2-6-10-13/h1-10,16-17H. The Hall–Kier alpha value is -2.64. The molecule has 0 amide bonds. The summed E-state index contributed by atoms with van der Waals surface area (Å²) in [6.45, 7) is 0. The third kappa shape index (κ3) is 2.19. The molecule has 2 aromatic carbocycles. The van der Waals surface area contributed by atoms with Crippen molar-refractivity contribution in [1.82, 2.24) is 5.32 Å². The average Bonchev–Trinajstić information content (AvgIpc) is 2.93. The molecule has 1 N–H and O–H groups in total. The number of aliphatic imine (C=N–C) groups is 1. The van der Waals surface area contributed by atoms with Gasteiger partial charge in [-0.3, -0.25) is 4.99 Å². The summed E-state index contributed by atoms with van der Waals surface area (Å²) in [4.78, 5) is 15.6. The molecule has 1 atom stereocenters. The van der Waals surface area contributed by atoms with Crippen molar-refractivity contribution in [3.8, 4) is 0 Å². The maximum absolute atomic E-state index is 11.1. The maximum atomic E-state index is 11.1. The van der Waals surface area contributed by atoms with Crippen LogP contribution in [-0.4, -0.2) is 11.7 Å². The van der Waals surface area contributed by atoms with Crippen LogP contribution < -0.4 is 5.32 Å². The summed E-state index contributed by atoms with van der Waals surface area (Å²) in [5.74, 6) is 1.94. The molecule has 1 heterocycles. The normalized spacial score (nSPS) is 17.6. The molecule has 19 heavy (non-hydrogen) atoms. The lowest BCUT2D eigenvalue weighted by Gasteiger charge is -2.07. The summed E-state index contributed by atoms with van der Waals surface area (Å²) in [6.07, 6.45) is -0.215. The monoisotopic (exact) mass is 248 g/mol. The van der Waals surface area contributed by atoms with Crippen LogP contribution in [0.2, 0.25) is 0 Å². The van der Waals surface area contributed by atoms with E-state index >= 15 is 0 Å². The first-order valence-corrected chi connectivity index (χ1v) is 6.08. The minimum Gasteiger partial charge on any atom is -0.349 e. The summed E-state index contributed by atoms with van der Waals surface area (Å²) in [6, 6.07) is 19.5. The van der Waals surface area contributed by atoms with Crippen LogP contribution in [0.15, 0.2) is 71.4 Å². The van der Waals surface area contributed by atoms with E-state index in [1.807, 2.05) is 66.6 Å². The molecule has 1 aliphatic rings. The van der Waals surface area contributed by atoms with Crippen molar-refractivity contribution < 1.29 is 4.79 Å². The highest BCUT2D eigenvalue weighted by atomic mass is 16.1. The Bertz CT molecular complexity index is 656. The second-order valence-corrected chi connectivity index (χ2v) is 4.28. The predicted octanol–water partition coefficient (Wildman–Crippen LogP) is 2.49. The molecule has 0 radical (unpaired) electrons. The lowest BCUT2D eigenvalue weighted by Crippen LogP contribution is -2.16. The molecule has 2 aromatic rings. The molecule has 0 fully saturated rings. The van der Waals surface area contributed by atoms with Gasteiger partial charge in [-0.1, -0.05) is 60.7 Å². The SMILES string of the molecule is O=C=C1NC(c2ccccc2)N=C1c1ccccc1. The molecule has 0 spiro atoms. The zero-order valence-corrected chi connectivity index (χ0v) is 10.2. The van der Waals surface area contributed by atoms with Crippen LogP contribution in [0.25, 0.3) is 0 Å². The molecule has 1 aliphatic heterocycles. The van der Waals surface area contributed by atoms with Gasteiger partial charge in [0.15, 0.2) is 5.94 Å². The molecular weight excluding hydrogens is 236 g/mol. The Morgan fingerprint density at radius 2 is 1.58 bits per heavy atom. The van der Waals surface area contributed by atoms with Crippen molar-refractivity contribution in [1.29, 1.82) is 0 Å². The highest BCUT2D eigenvalue weighted by molar-refractivity contribution is 6.17. The highest BCUT2D eigenvalue weighted by Crippen LogP contribution is 2.24. The van der Waals surface area contributed by atoms with E-state index in [-0.39, 0.29) is 6.17 Å². The van der Waals surface area contributed by atoms with Crippen LogP contribution in [0.5, 0.6) is 0 Å². The molecule has 3 heteroatoms. The summed E-state index contributed by atoms with van der Waals surface area (Å²) in [7, 11) is 0. The first-order valence-electron chi connectivity index (χ1n) is 6.08. The average molecular weight is 248 g/mol. The van der Waals surface area contributed by atoms with E-state index in [9.17, 15) is 4.79 Å². The topological polar surface area (TPSA) is 41.5 Å². The maximum Gasteiger partial charge on any atom is 0.152 e. The quantitative estimate of drug-likeness (QED) is 0.830. The number of rotatable bonds is 2. The largest absolute Gasteiger partial charge is 0.349 e. The highest BCUT2D eigenvalue weighted by Gasteiger charge is 2.24. The van der Waals surface area contributed by atoms with E-state index < -0.39 is 0 Å². The van der Waals surface area contributed by atoms with Crippen LogP contribution in [-0.2, 0) is 4.79 Å². The number of nitrogens with zero attached hydrogens (tertiary/aromatic N) is 1. The molecule has 92 valence electrons. The second kappa shape index (κ2) is 4.92. The van der Waals surface area contributed by atoms with Crippen molar-refractivity contribution in [2.24, 2.45) is 4.99 Å². The van der Waals surface area contributed by atoms with Crippen molar-refractivity contribution in [2.45, 2.75) is 6.17 Å². The van der Waals surface area contributed by atoms with Gasteiger partial charge in [0, 0.05) is 5.56 Å². The van der Waals surface area contributed by atoms with Gasteiger partial charge in [-0.25, -0.2) is 4.79 Å². The molecule has 0 saturated carbocycles. The third-order valence-electron chi connectivity index (χ3n) is 3.04. The predicted molar refractivity (Wildman–Crippen MR) is 74.5 cm³/mol. The molecule has 0 bridgehead atoms. The molecule has 0 aromatic heterocycles. The smallest absolute Gasteiger partial charge is 0.152 e. The lowest BCUT2D eigenvalue weighted by atomic mass is 10.1. The van der Waals surface area contributed by atoms with Crippen molar-refractivity contribution in [2.75, 3.05) is 0 Å². The van der Waals surface area contributed by atoms with Crippen molar-refractivity contribution in [3.63, 3.8) is 0 Å². The van der Waals surface area contributed by atoms with Gasteiger partial charge < -0.3 is 5.32 Å². The summed E-state index contributed by atoms with van der Waals surface area (Å²) >= 11 is 0. The van der Waals surface area contributed by atoms with Gasteiger partial charge in [0.2, 0.25) is 0 Å². The molecule has 0 aliphatic carbocycles. The van der Waals surface area contributed by atoms with E-state index in [4.69, 9.17) is 0 Å². The minimum absolute atomic E-state index is 0.215. The number of hydrogen-bond donors (Lipinski definition) is 1. The third-order valence-corrected chi connectivity index (χ3v) is 3.04. The van der Waals surface area contributed by atoms with Crippen LogP contribution in [0, 0.1) is 0 Å². The number of allylic oxidation sites excluding steroid dienone is 1. The van der Waals surface area contributed by atoms with Gasteiger partial charge in [-0.05, 0) is 5.56 Å². The van der Waals surface area contributed by atoms with Crippen molar-refractivity contribution in [3.05, 3.63) is 77.5 Å².